The molecule has 25 heavy (non-hydrogen) atoms. The zero-order chi connectivity index (χ0) is 18.8. The van der Waals surface area contributed by atoms with Crippen LogP contribution >= 0.6 is 0 Å². The van der Waals surface area contributed by atoms with Gasteiger partial charge in [-0.15, -0.1) is 0 Å². The minimum Gasteiger partial charge on any atom is -0.455 e. The number of ether oxygens (including phenoxy) is 2. The van der Waals surface area contributed by atoms with Crippen molar-refractivity contribution in [3.05, 3.63) is 12.0 Å². The smallest absolute Gasteiger partial charge is 0.306 e. The van der Waals surface area contributed by atoms with Crippen LogP contribution in [0.4, 0.5) is 5.82 Å². The summed E-state index contributed by atoms with van der Waals surface area (Å²) in [5.74, 6) is -1.07. The number of aliphatic hydroxyl groups is 3. The highest BCUT2D eigenvalue weighted by Gasteiger charge is 2.48. The number of hydrogen-bond acceptors (Lipinski definition) is 9. The Morgan fingerprint density at radius 2 is 2.40 bits per heavy atom. The monoisotopic (exact) mass is 357 g/mol. The van der Waals surface area contributed by atoms with E-state index in [4.69, 9.17) is 10.8 Å². The Labute approximate surface area is 144 Å². The number of aliphatic hydroxyl groups excluding tert-OH is 3. The molecule has 0 aromatic carbocycles. The van der Waals surface area contributed by atoms with Crippen molar-refractivity contribution in [3.8, 4) is 0 Å². The Morgan fingerprint density at radius 3 is 3.12 bits per heavy atom. The maximum atomic E-state index is 12.1. The van der Waals surface area contributed by atoms with Gasteiger partial charge in [0, 0.05) is 7.79 Å². The van der Waals surface area contributed by atoms with Gasteiger partial charge < -0.3 is 35.4 Å². The third kappa shape index (κ3) is 3.18. The van der Waals surface area contributed by atoms with E-state index in [9.17, 15) is 24.9 Å². The average molecular weight is 357 g/mol. The van der Waals surface area contributed by atoms with Gasteiger partial charge in [0.2, 0.25) is 0 Å². The zero-order valence-electron chi connectivity index (χ0n) is 14.2. The first-order valence-electron chi connectivity index (χ1n) is 8.39. The van der Waals surface area contributed by atoms with Crippen LogP contribution in [0.1, 0.15) is 31.4 Å². The van der Waals surface area contributed by atoms with Crippen molar-refractivity contribution in [2.45, 2.75) is 44.1 Å². The maximum Gasteiger partial charge on any atom is 0.306 e. The fraction of sp³-hybridized carbons (Fsp3) is 0.643. The van der Waals surface area contributed by atoms with E-state index < -0.39 is 49.3 Å². The number of aromatic nitrogens is 2. The highest BCUT2D eigenvalue weighted by Crippen LogP contribution is 2.35. The summed E-state index contributed by atoms with van der Waals surface area (Å²) in [5, 5.41) is 34.5. The predicted octanol–water partition coefficient (Wildman–Crippen LogP) is -2.07. The Balaban J connectivity index is 1.91. The van der Waals surface area contributed by atoms with Gasteiger partial charge >= 0.3 is 5.97 Å². The number of anilines is 1. The van der Waals surface area contributed by atoms with Crippen LogP contribution in [0.15, 0.2) is 6.33 Å². The summed E-state index contributed by atoms with van der Waals surface area (Å²) in [5.41, 5.74) is 0.00308. The summed E-state index contributed by atoms with van der Waals surface area (Å²) in [4.78, 5) is 27.8. The van der Waals surface area contributed by atoms with E-state index in [1.165, 1.54) is 10.9 Å². The van der Waals surface area contributed by atoms with Gasteiger partial charge in [0.25, 0.3) is 5.91 Å². The van der Waals surface area contributed by atoms with Crippen LogP contribution in [-0.2, 0) is 14.3 Å². The van der Waals surface area contributed by atoms with Gasteiger partial charge in [-0.3, -0.25) is 14.2 Å². The van der Waals surface area contributed by atoms with Crippen LogP contribution < -0.4 is 10.6 Å². The fourth-order valence-electron chi connectivity index (χ4n) is 2.79. The van der Waals surface area contributed by atoms with Gasteiger partial charge in [-0.1, -0.05) is 6.90 Å². The number of hydrogen-bond donors (Lipinski definition) is 5. The van der Waals surface area contributed by atoms with Gasteiger partial charge in [0.05, 0.1) is 19.5 Å². The maximum absolute atomic E-state index is 12.1. The molecule has 1 fully saturated rings. The molecule has 11 heteroatoms. The Kier molecular flexibility index (Phi) is 4.53. The summed E-state index contributed by atoms with van der Waals surface area (Å²) in [6.45, 7) is -0.670. The van der Waals surface area contributed by atoms with Crippen LogP contribution in [0.5, 0.6) is 0 Å². The molecule has 2 aliphatic heterocycles. The number of rotatable bonds is 4. The number of amides is 1. The van der Waals surface area contributed by atoms with E-state index in [2.05, 4.69) is 15.6 Å². The molecule has 2 unspecified atom stereocenters. The second kappa shape index (κ2) is 6.96. The van der Waals surface area contributed by atoms with Crippen molar-refractivity contribution in [3.63, 3.8) is 0 Å². The summed E-state index contributed by atoms with van der Waals surface area (Å²) in [6.07, 6.45) is -4.52. The van der Waals surface area contributed by atoms with E-state index >= 15 is 0 Å². The van der Waals surface area contributed by atoms with Crippen molar-refractivity contribution in [1.82, 2.24) is 14.9 Å². The molecule has 138 valence electrons. The Hall–Kier alpha value is -2.21. The molecule has 3 heterocycles. The third-order valence-electron chi connectivity index (χ3n) is 4.01. The van der Waals surface area contributed by atoms with Crippen molar-refractivity contribution >= 4 is 17.7 Å². The Bertz CT molecular complexity index is 684. The topological polar surface area (TPSA) is 155 Å². The molecule has 0 saturated carbocycles. The standard InChI is InChI=1S/C14H20N4O7/c1-2-8(21)25-11-10(22)6(4-19)24-14(11)18-5-16-9-12(18)15-3-7(20)17-13(9)23/h5-7,10-11,14-15,19-20,22H,2-4H2,1H3,(H,17,23)/t6-,7?,10-,11-,14?/m1/s1/i1D. The average Bonchev–Trinajstić information content (AvgIpc) is 3.11. The molecular formula is C14H20N4O7. The first-order valence-corrected chi connectivity index (χ1v) is 7.69. The summed E-state index contributed by atoms with van der Waals surface area (Å²) < 4.78 is 19.3. The van der Waals surface area contributed by atoms with Crippen LogP contribution in [0.25, 0.3) is 0 Å². The van der Waals surface area contributed by atoms with Gasteiger partial charge in [0.1, 0.15) is 24.3 Å². The molecular weight excluding hydrogens is 336 g/mol. The molecule has 0 bridgehead atoms. The predicted molar refractivity (Wildman–Crippen MR) is 81.4 cm³/mol. The van der Waals surface area contributed by atoms with Crippen molar-refractivity contribution in [2.75, 3.05) is 18.5 Å². The molecule has 11 nitrogen and oxygen atoms in total. The normalized spacial score (nSPS) is 32.2. The fourth-order valence-corrected chi connectivity index (χ4v) is 2.79. The molecule has 0 spiro atoms. The number of fused-ring (bicyclic) bond motifs is 1. The number of carbonyl (C=O) groups excluding carboxylic acids is 2. The van der Waals surface area contributed by atoms with E-state index in [0.29, 0.717) is 0 Å². The molecule has 2 aliphatic rings. The molecule has 5 atom stereocenters. The zero-order valence-corrected chi connectivity index (χ0v) is 13.2. The molecule has 5 N–H and O–H groups in total. The largest absolute Gasteiger partial charge is 0.455 e. The first kappa shape index (κ1) is 16.3. The quantitative estimate of drug-likeness (QED) is 0.382. The lowest BCUT2D eigenvalue weighted by molar-refractivity contribution is -0.158. The van der Waals surface area contributed by atoms with Gasteiger partial charge in [-0.2, -0.15) is 0 Å². The van der Waals surface area contributed by atoms with Crippen LogP contribution in [0.2, 0.25) is 0 Å². The molecule has 1 saturated heterocycles. The van der Waals surface area contributed by atoms with E-state index in [-0.39, 0.29) is 31.4 Å². The third-order valence-corrected chi connectivity index (χ3v) is 4.01. The van der Waals surface area contributed by atoms with Crippen molar-refractivity contribution < 1.29 is 35.8 Å². The number of β-amino-alcohol motifs (C(OH)–C–C–N with tert-alkyl or cyclic N) is 1. The number of imidazole rings is 1. The molecule has 0 radical (unpaired) electrons. The second-order valence-electron chi connectivity index (χ2n) is 5.66. The Morgan fingerprint density at radius 1 is 1.60 bits per heavy atom. The SMILES string of the molecule is [2H]CCC(=O)O[C@H]1C(n2cnc3c2NCC(O)NC3=O)O[C@H](CO)[C@H]1O. The van der Waals surface area contributed by atoms with E-state index in [0.717, 1.165) is 0 Å². The van der Waals surface area contributed by atoms with Crippen molar-refractivity contribution in [2.24, 2.45) is 0 Å². The van der Waals surface area contributed by atoms with E-state index in [1.54, 1.807) is 0 Å². The first-order chi connectivity index (χ1) is 12.5. The highest BCUT2D eigenvalue weighted by atomic mass is 16.6. The molecule has 1 aromatic heterocycles. The minimum atomic E-state index is -1.30. The molecule has 0 aliphatic carbocycles. The number of nitrogens with one attached hydrogen (secondary N) is 2. The lowest BCUT2D eigenvalue weighted by Crippen LogP contribution is -2.37. The van der Waals surface area contributed by atoms with Crippen molar-refractivity contribution in [1.29, 1.82) is 0 Å². The lowest BCUT2D eigenvalue weighted by atomic mass is 10.1. The highest BCUT2D eigenvalue weighted by molar-refractivity contribution is 5.97. The van der Waals surface area contributed by atoms with Crippen LogP contribution in [-0.4, -0.2) is 74.4 Å². The summed E-state index contributed by atoms with van der Waals surface area (Å²) in [6, 6.07) is 0. The molecule has 1 aromatic rings. The summed E-state index contributed by atoms with van der Waals surface area (Å²) in [7, 11) is 0. The van der Waals surface area contributed by atoms with Gasteiger partial charge in [-0.25, -0.2) is 4.98 Å². The molecule has 1 amide bonds. The minimum absolute atomic E-state index is 0.00308. The number of carbonyl (C=O) groups is 2. The number of nitrogens with zero attached hydrogens (tertiary/aromatic N) is 2. The van der Waals surface area contributed by atoms with Crippen LogP contribution in [0.3, 0.4) is 0 Å². The second-order valence-corrected chi connectivity index (χ2v) is 5.66. The van der Waals surface area contributed by atoms with Gasteiger partial charge in [-0.05, 0) is 0 Å². The summed E-state index contributed by atoms with van der Waals surface area (Å²) >= 11 is 0. The molecule has 3 rings (SSSR count). The van der Waals surface area contributed by atoms with Gasteiger partial charge in [0.15, 0.2) is 18.0 Å². The number of esters is 1. The van der Waals surface area contributed by atoms with E-state index in [1.807, 2.05) is 0 Å². The lowest BCUT2D eigenvalue weighted by Gasteiger charge is -2.23. The van der Waals surface area contributed by atoms with Crippen LogP contribution in [0, 0.1) is 0 Å².